The number of rotatable bonds is 5. The van der Waals surface area contributed by atoms with Crippen LogP contribution in [0.2, 0.25) is 0 Å². The molecule has 3 aromatic heterocycles. The molecule has 1 saturated heterocycles. The smallest absolute Gasteiger partial charge is 0.267 e. The molecular formula is C19H22N6O2S. The second kappa shape index (κ2) is 7.75. The van der Waals surface area contributed by atoms with Crippen molar-refractivity contribution in [3.63, 3.8) is 0 Å². The SMILES string of the molecule is CCc1nnsc1C(=O)N1CC[C@H](Cc2cc(-c3c(C)noc3C)ncn2)C1. The van der Waals surface area contributed by atoms with Crippen molar-refractivity contribution in [1.29, 1.82) is 0 Å². The van der Waals surface area contributed by atoms with Crippen molar-refractivity contribution in [2.45, 2.75) is 40.0 Å². The maximum Gasteiger partial charge on any atom is 0.267 e. The van der Waals surface area contributed by atoms with Crippen LogP contribution in [-0.4, -0.2) is 48.6 Å². The Morgan fingerprint density at radius 2 is 2.21 bits per heavy atom. The number of carbonyl (C=O) groups excluding carboxylic acids is 1. The molecule has 0 spiro atoms. The molecule has 0 unspecified atom stereocenters. The van der Waals surface area contributed by atoms with Gasteiger partial charge in [0.2, 0.25) is 0 Å². The van der Waals surface area contributed by atoms with E-state index in [4.69, 9.17) is 4.52 Å². The number of likely N-dealkylation sites (tertiary alicyclic amines) is 1. The number of aryl methyl sites for hydroxylation is 3. The first-order chi connectivity index (χ1) is 13.6. The topological polar surface area (TPSA) is 97.9 Å². The van der Waals surface area contributed by atoms with Crippen molar-refractivity contribution in [3.05, 3.63) is 40.1 Å². The van der Waals surface area contributed by atoms with E-state index in [0.29, 0.717) is 10.8 Å². The first-order valence-electron chi connectivity index (χ1n) is 9.41. The zero-order valence-electron chi connectivity index (χ0n) is 16.2. The molecule has 146 valence electrons. The fraction of sp³-hybridized carbons (Fsp3) is 0.474. The second-order valence-electron chi connectivity index (χ2n) is 7.11. The van der Waals surface area contributed by atoms with Crippen molar-refractivity contribution in [3.8, 4) is 11.3 Å². The van der Waals surface area contributed by atoms with Gasteiger partial charge < -0.3 is 9.42 Å². The summed E-state index contributed by atoms with van der Waals surface area (Å²) in [6.07, 6.45) is 4.08. The van der Waals surface area contributed by atoms with Gasteiger partial charge in [-0.1, -0.05) is 16.6 Å². The van der Waals surface area contributed by atoms with Crippen LogP contribution in [0.15, 0.2) is 16.9 Å². The van der Waals surface area contributed by atoms with E-state index in [0.717, 1.165) is 66.5 Å². The first kappa shape index (κ1) is 18.7. The molecule has 9 heteroatoms. The Bertz CT molecular complexity index is 978. The third kappa shape index (κ3) is 3.54. The van der Waals surface area contributed by atoms with Crippen LogP contribution in [0, 0.1) is 19.8 Å². The number of nitrogens with zero attached hydrogens (tertiary/aromatic N) is 6. The van der Waals surface area contributed by atoms with Crippen LogP contribution in [0.1, 0.15) is 45.9 Å². The predicted octanol–water partition coefficient (Wildman–Crippen LogP) is 2.87. The van der Waals surface area contributed by atoms with Crippen molar-refractivity contribution >= 4 is 17.4 Å². The number of aromatic nitrogens is 5. The largest absolute Gasteiger partial charge is 0.361 e. The van der Waals surface area contributed by atoms with Gasteiger partial charge >= 0.3 is 0 Å². The van der Waals surface area contributed by atoms with Gasteiger partial charge in [-0.2, -0.15) is 0 Å². The average Bonchev–Trinajstić information content (AvgIpc) is 3.42. The number of carbonyl (C=O) groups is 1. The molecule has 3 aromatic rings. The number of amides is 1. The highest BCUT2D eigenvalue weighted by Gasteiger charge is 2.30. The third-order valence-electron chi connectivity index (χ3n) is 5.17. The van der Waals surface area contributed by atoms with Gasteiger partial charge in [-0.05, 0) is 56.6 Å². The summed E-state index contributed by atoms with van der Waals surface area (Å²) in [6.45, 7) is 7.27. The van der Waals surface area contributed by atoms with E-state index in [1.165, 1.54) is 11.5 Å². The monoisotopic (exact) mass is 398 g/mol. The summed E-state index contributed by atoms with van der Waals surface area (Å²) < 4.78 is 9.19. The van der Waals surface area contributed by atoms with E-state index in [-0.39, 0.29) is 5.91 Å². The van der Waals surface area contributed by atoms with Crippen molar-refractivity contribution in [1.82, 2.24) is 29.6 Å². The first-order valence-corrected chi connectivity index (χ1v) is 10.2. The molecule has 1 atom stereocenters. The van der Waals surface area contributed by atoms with Gasteiger partial charge in [0.1, 0.15) is 17.0 Å². The minimum Gasteiger partial charge on any atom is -0.361 e. The Labute approximate surface area is 167 Å². The molecule has 4 heterocycles. The molecule has 8 nitrogen and oxygen atoms in total. The Morgan fingerprint density at radius 3 is 2.96 bits per heavy atom. The summed E-state index contributed by atoms with van der Waals surface area (Å²) >= 11 is 1.19. The summed E-state index contributed by atoms with van der Waals surface area (Å²) in [5, 5.41) is 8.06. The minimum atomic E-state index is 0.0495. The van der Waals surface area contributed by atoms with Crippen LogP contribution in [-0.2, 0) is 12.8 Å². The van der Waals surface area contributed by atoms with Crippen molar-refractivity contribution in [2.75, 3.05) is 13.1 Å². The Hall–Kier alpha value is -2.68. The molecule has 1 aliphatic rings. The fourth-order valence-electron chi connectivity index (χ4n) is 3.72. The second-order valence-corrected chi connectivity index (χ2v) is 7.86. The molecule has 1 amide bonds. The lowest BCUT2D eigenvalue weighted by Crippen LogP contribution is -2.29. The molecule has 0 saturated carbocycles. The van der Waals surface area contributed by atoms with Gasteiger partial charge in [0.25, 0.3) is 5.91 Å². The Morgan fingerprint density at radius 1 is 1.36 bits per heavy atom. The lowest BCUT2D eigenvalue weighted by Gasteiger charge is -2.15. The van der Waals surface area contributed by atoms with Gasteiger partial charge in [-0.3, -0.25) is 4.79 Å². The lowest BCUT2D eigenvalue weighted by atomic mass is 10.0. The predicted molar refractivity (Wildman–Crippen MR) is 104 cm³/mol. The molecule has 1 fully saturated rings. The Balaban J connectivity index is 1.45. The van der Waals surface area contributed by atoms with E-state index < -0.39 is 0 Å². The van der Waals surface area contributed by atoms with Gasteiger partial charge in [0.15, 0.2) is 0 Å². The molecule has 1 aliphatic heterocycles. The van der Waals surface area contributed by atoms with Crippen LogP contribution in [0.3, 0.4) is 0 Å². The Kier molecular flexibility index (Phi) is 5.17. The molecule has 4 rings (SSSR count). The molecule has 0 aliphatic carbocycles. The van der Waals surface area contributed by atoms with E-state index >= 15 is 0 Å². The highest BCUT2D eigenvalue weighted by molar-refractivity contribution is 7.08. The van der Waals surface area contributed by atoms with Gasteiger partial charge in [-0.15, -0.1) is 5.10 Å². The summed E-state index contributed by atoms with van der Waals surface area (Å²) in [7, 11) is 0. The average molecular weight is 398 g/mol. The summed E-state index contributed by atoms with van der Waals surface area (Å²) in [4.78, 5) is 24.2. The number of hydrogen-bond acceptors (Lipinski definition) is 8. The van der Waals surface area contributed by atoms with Crippen LogP contribution >= 0.6 is 11.5 Å². The molecule has 0 radical (unpaired) electrons. The van der Waals surface area contributed by atoms with E-state index in [1.54, 1.807) is 6.33 Å². The van der Waals surface area contributed by atoms with Gasteiger partial charge in [0, 0.05) is 18.8 Å². The van der Waals surface area contributed by atoms with Crippen LogP contribution in [0.25, 0.3) is 11.3 Å². The molecule has 0 bridgehead atoms. The highest BCUT2D eigenvalue weighted by atomic mass is 32.1. The number of hydrogen-bond donors (Lipinski definition) is 0. The van der Waals surface area contributed by atoms with Crippen LogP contribution < -0.4 is 0 Å². The van der Waals surface area contributed by atoms with Gasteiger partial charge in [0.05, 0.1) is 22.6 Å². The maximum atomic E-state index is 12.8. The molecular weight excluding hydrogens is 376 g/mol. The van der Waals surface area contributed by atoms with Gasteiger partial charge in [-0.25, -0.2) is 9.97 Å². The molecule has 28 heavy (non-hydrogen) atoms. The normalized spacial score (nSPS) is 16.7. The zero-order valence-corrected chi connectivity index (χ0v) is 17.0. The third-order valence-corrected chi connectivity index (χ3v) is 5.93. The zero-order chi connectivity index (χ0) is 19.7. The summed E-state index contributed by atoms with van der Waals surface area (Å²) in [5.41, 5.74) is 4.34. The lowest BCUT2D eigenvalue weighted by molar-refractivity contribution is 0.0790. The summed E-state index contributed by atoms with van der Waals surface area (Å²) in [5.74, 6) is 1.18. The fourth-order valence-corrected chi connectivity index (χ4v) is 4.44. The van der Waals surface area contributed by atoms with Crippen LogP contribution in [0.5, 0.6) is 0 Å². The van der Waals surface area contributed by atoms with Crippen molar-refractivity contribution in [2.24, 2.45) is 5.92 Å². The molecule has 0 aromatic carbocycles. The van der Waals surface area contributed by atoms with E-state index in [9.17, 15) is 4.79 Å². The van der Waals surface area contributed by atoms with E-state index in [2.05, 4.69) is 24.7 Å². The van der Waals surface area contributed by atoms with E-state index in [1.807, 2.05) is 31.7 Å². The minimum absolute atomic E-state index is 0.0495. The van der Waals surface area contributed by atoms with Crippen molar-refractivity contribution < 1.29 is 9.32 Å². The van der Waals surface area contributed by atoms with Crippen LogP contribution in [0.4, 0.5) is 0 Å². The highest BCUT2D eigenvalue weighted by Crippen LogP contribution is 2.27. The molecule has 0 N–H and O–H groups in total. The maximum absolute atomic E-state index is 12.8. The quantitative estimate of drug-likeness (QED) is 0.652. The standard InChI is InChI=1S/C19H22N6O2S/c1-4-15-18(28-24-22-15)19(26)25-6-5-13(9-25)7-14-8-16(21-10-20-14)17-11(2)23-27-12(17)3/h8,10,13H,4-7,9H2,1-3H3/t13-/m1/s1. The summed E-state index contributed by atoms with van der Waals surface area (Å²) in [6, 6.07) is 2.00.